The Labute approximate surface area is 128 Å². The lowest BCUT2D eigenvalue weighted by molar-refractivity contribution is 0.0945. The molecule has 1 aromatic rings. The van der Waals surface area contributed by atoms with Gasteiger partial charge in [-0.05, 0) is 37.7 Å². The zero-order valence-electron chi connectivity index (χ0n) is 12.0. The summed E-state index contributed by atoms with van der Waals surface area (Å²) < 4.78 is 26.9. The quantitative estimate of drug-likeness (QED) is 0.731. The van der Waals surface area contributed by atoms with Gasteiger partial charge in [0, 0.05) is 12.6 Å². The summed E-state index contributed by atoms with van der Waals surface area (Å²) in [6.07, 6.45) is 0.650. The van der Waals surface area contributed by atoms with Gasteiger partial charge in [0.05, 0.1) is 11.5 Å². The summed E-state index contributed by atoms with van der Waals surface area (Å²) in [6, 6.07) is 0.00428. The van der Waals surface area contributed by atoms with Crippen molar-refractivity contribution < 1.29 is 13.2 Å². The Morgan fingerprint density at radius 2 is 2.24 bits per heavy atom. The van der Waals surface area contributed by atoms with Gasteiger partial charge in [0.15, 0.2) is 15.7 Å². The zero-order valence-corrected chi connectivity index (χ0v) is 13.7. The second-order valence-electron chi connectivity index (χ2n) is 5.55. The maximum Gasteiger partial charge on any atom is 0.258 e. The molecule has 1 atom stereocenters. The van der Waals surface area contributed by atoms with E-state index in [4.69, 9.17) is 5.73 Å². The van der Waals surface area contributed by atoms with E-state index in [0.717, 1.165) is 11.5 Å². The minimum absolute atomic E-state index is 0.00428. The highest BCUT2D eigenvalue weighted by molar-refractivity contribution is 7.91. The van der Waals surface area contributed by atoms with Crippen LogP contribution in [0, 0.1) is 5.92 Å². The van der Waals surface area contributed by atoms with Crippen LogP contribution in [-0.2, 0) is 9.84 Å². The third kappa shape index (κ3) is 4.07. The van der Waals surface area contributed by atoms with Crippen molar-refractivity contribution in [2.45, 2.75) is 26.3 Å². The molecule has 9 heteroatoms. The Morgan fingerprint density at radius 1 is 1.52 bits per heavy atom. The van der Waals surface area contributed by atoms with E-state index in [0.29, 0.717) is 23.5 Å². The van der Waals surface area contributed by atoms with Crippen LogP contribution in [0.1, 0.15) is 30.6 Å². The molecule has 1 saturated heterocycles. The maximum absolute atomic E-state index is 12.1. The number of hydrogen-bond acceptors (Lipinski definition) is 7. The average Bonchev–Trinajstić information content (AvgIpc) is 2.88. The van der Waals surface area contributed by atoms with Crippen molar-refractivity contribution >= 4 is 38.1 Å². The SMILES string of the molecule is CC(C)NC(=O)c1c(N)nsc1NCC1CCS(=O)(=O)C1. The first kappa shape index (κ1) is 16.0. The Balaban J connectivity index is 2.03. The Morgan fingerprint density at radius 3 is 2.81 bits per heavy atom. The molecule has 0 bridgehead atoms. The lowest BCUT2D eigenvalue weighted by Gasteiger charge is -2.12. The molecule has 1 unspecified atom stereocenters. The molecular formula is C12H20N4O3S2. The molecule has 1 amide bonds. The molecule has 7 nitrogen and oxygen atoms in total. The molecule has 0 spiro atoms. The van der Waals surface area contributed by atoms with Crippen LogP contribution in [0.2, 0.25) is 0 Å². The fraction of sp³-hybridized carbons (Fsp3) is 0.667. The van der Waals surface area contributed by atoms with Crippen LogP contribution in [0.25, 0.3) is 0 Å². The van der Waals surface area contributed by atoms with E-state index in [9.17, 15) is 13.2 Å². The van der Waals surface area contributed by atoms with Crippen LogP contribution >= 0.6 is 11.5 Å². The number of rotatable bonds is 5. The normalized spacial score (nSPS) is 20.6. The third-order valence-electron chi connectivity index (χ3n) is 3.24. The summed E-state index contributed by atoms with van der Waals surface area (Å²) in [7, 11) is -2.89. The first-order valence-corrected chi connectivity index (χ1v) is 9.38. The lowest BCUT2D eigenvalue weighted by atomic mass is 10.1. The lowest BCUT2D eigenvalue weighted by Crippen LogP contribution is -2.31. The fourth-order valence-corrected chi connectivity index (χ4v) is 4.83. The third-order valence-corrected chi connectivity index (χ3v) is 5.90. The number of nitrogens with zero attached hydrogens (tertiary/aromatic N) is 1. The van der Waals surface area contributed by atoms with Crippen molar-refractivity contribution in [3.63, 3.8) is 0 Å². The maximum atomic E-state index is 12.1. The summed E-state index contributed by atoms with van der Waals surface area (Å²) in [5, 5.41) is 6.49. The van der Waals surface area contributed by atoms with Gasteiger partial charge in [0.25, 0.3) is 5.91 Å². The highest BCUT2D eigenvalue weighted by atomic mass is 32.2. The van der Waals surface area contributed by atoms with Crippen LogP contribution in [0.5, 0.6) is 0 Å². The number of nitrogens with two attached hydrogens (primary N) is 1. The predicted octanol–water partition coefficient (Wildman–Crippen LogP) is 0.710. The summed E-state index contributed by atoms with van der Waals surface area (Å²) in [4.78, 5) is 12.1. The standard InChI is InChI=1S/C12H20N4O3S2/c1-7(2)15-11(17)9-10(13)16-20-12(9)14-5-8-3-4-21(18,19)6-8/h7-8,14H,3-6H2,1-2H3,(H2,13,16)(H,15,17). The van der Waals surface area contributed by atoms with E-state index in [2.05, 4.69) is 15.0 Å². The van der Waals surface area contributed by atoms with Gasteiger partial charge in [-0.3, -0.25) is 4.79 Å². The Bertz CT molecular complexity index is 624. The van der Waals surface area contributed by atoms with Crippen molar-refractivity contribution in [1.82, 2.24) is 9.69 Å². The average molecular weight is 332 g/mol. The van der Waals surface area contributed by atoms with E-state index in [1.165, 1.54) is 0 Å². The molecule has 4 N–H and O–H groups in total. The number of carbonyl (C=O) groups excluding carboxylic acids is 1. The topological polar surface area (TPSA) is 114 Å². The molecule has 1 aliphatic rings. The van der Waals surface area contributed by atoms with Gasteiger partial charge in [0.2, 0.25) is 0 Å². The Hall–Kier alpha value is -1.35. The van der Waals surface area contributed by atoms with E-state index in [1.807, 2.05) is 13.8 Å². The number of anilines is 2. The first-order valence-electron chi connectivity index (χ1n) is 6.79. The van der Waals surface area contributed by atoms with Gasteiger partial charge in [-0.1, -0.05) is 0 Å². The van der Waals surface area contributed by atoms with Crippen molar-refractivity contribution in [1.29, 1.82) is 0 Å². The monoisotopic (exact) mass is 332 g/mol. The van der Waals surface area contributed by atoms with Crippen molar-refractivity contribution in [3.05, 3.63) is 5.56 Å². The molecule has 0 radical (unpaired) electrons. The fourth-order valence-electron chi connectivity index (χ4n) is 2.25. The summed E-state index contributed by atoms with van der Waals surface area (Å²) >= 11 is 1.12. The molecule has 21 heavy (non-hydrogen) atoms. The number of sulfone groups is 1. The van der Waals surface area contributed by atoms with Gasteiger partial charge in [-0.25, -0.2) is 8.42 Å². The van der Waals surface area contributed by atoms with Gasteiger partial charge in [0.1, 0.15) is 10.6 Å². The van der Waals surface area contributed by atoms with E-state index < -0.39 is 9.84 Å². The second-order valence-corrected chi connectivity index (χ2v) is 8.55. The smallest absolute Gasteiger partial charge is 0.258 e. The van der Waals surface area contributed by atoms with Gasteiger partial charge < -0.3 is 16.4 Å². The Kier molecular flexibility index (Phi) is 4.72. The van der Waals surface area contributed by atoms with Crippen LogP contribution in [0.3, 0.4) is 0 Å². The first-order chi connectivity index (χ1) is 9.78. The number of carbonyl (C=O) groups is 1. The van der Waals surface area contributed by atoms with Crippen LogP contribution < -0.4 is 16.4 Å². The summed E-state index contributed by atoms with van der Waals surface area (Å²) in [6.45, 7) is 4.23. The zero-order chi connectivity index (χ0) is 15.6. The molecule has 0 aliphatic carbocycles. The number of nitrogens with one attached hydrogen (secondary N) is 2. The molecular weight excluding hydrogens is 312 g/mol. The van der Waals surface area contributed by atoms with Crippen LogP contribution in [0.4, 0.5) is 10.8 Å². The molecule has 0 saturated carbocycles. The molecule has 2 heterocycles. The molecule has 1 aromatic heterocycles. The molecule has 1 fully saturated rings. The molecule has 1 aliphatic heterocycles. The molecule has 118 valence electrons. The minimum Gasteiger partial charge on any atom is -0.382 e. The highest BCUT2D eigenvalue weighted by Crippen LogP contribution is 2.28. The van der Waals surface area contributed by atoms with Gasteiger partial charge in [-0.15, -0.1) is 0 Å². The van der Waals surface area contributed by atoms with E-state index in [1.54, 1.807) is 0 Å². The number of hydrogen-bond donors (Lipinski definition) is 3. The van der Waals surface area contributed by atoms with Crippen LogP contribution in [0.15, 0.2) is 0 Å². The number of nitrogen functional groups attached to an aromatic ring is 1. The molecule has 0 aromatic carbocycles. The van der Waals surface area contributed by atoms with Crippen molar-refractivity contribution in [2.75, 3.05) is 29.1 Å². The van der Waals surface area contributed by atoms with Crippen molar-refractivity contribution in [2.24, 2.45) is 5.92 Å². The number of amides is 1. The second kappa shape index (κ2) is 6.18. The van der Waals surface area contributed by atoms with E-state index in [-0.39, 0.29) is 35.2 Å². The highest BCUT2D eigenvalue weighted by Gasteiger charge is 2.28. The summed E-state index contributed by atoms with van der Waals surface area (Å²) in [5.41, 5.74) is 6.09. The largest absolute Gasteiger partial charge is 0.382 e. The number of aromatic nitrogens is 1. The minimum atomic E-state index is -2.89. The van der Waals surface area contributed by atoms with Crippen molar-refractivity contribution in [3.8, 4) is 0 Å². The van der Waals surface area contributed by atoms with Crippen LogP contribution in [-0.4, -0.2) is 42.8 Å². The van der Waals surface area contributed by atoms with Gasteiger partial charge >= 0.3 is 0 Å². The predicted molar refractivity (Wildman–Crippen MR) is 84.4 cm³/mol. The van der Waals surface area contributed by atoms with E-state index >= 15 is 0 Å². The summed E-state index contributed by atoms with van der Waals surface area (Å²) in [5.74, 6) is 0.434. The van der Waals surface area contributed by atoms with Gasteiger partial charge in [-0.2, -0.15) is 4.37 Å². The molecule has 2 rings (SSSR count).